The standard InChI is InChI=1S/C12H12Cl2N2OS/c1-2-17-11-9(13)4-3-5-10(11)15-6-8-7-16-12(14)18-8/h3-5,7,15H,2,6H2,1H3. The van der Waals surface area contributed by atoms with E-state index in [0.29, 0.717) is 28.4 Å². The van der Waals surface area contributed by atoms with E-state index in [4.69, 9.17) is 27.9 Å². The largest absolute Gasteiger partial charge is 0.490 e. The highest BCUT2D eigenvalue weighted by molar-refractivity contribution is 7.15. The number of para-hydroxylation sites is 1. The quantitative estimate of drug-likeness (QED) is 0.885. The summed E-state index contributed by atoms with van der Waals surface area (Å²) in [6.45, 7) is 3.14. The first-order valence-electron chi connectivity index (χ1n) is 5.46. The average Bonchev–Trinajstić information content (AvgIpc) is 2.76. The van der Waals surface area contributed by atoms with Gasteiger partial charge in [-0.2, -0.15) is 0 Å². The molecule has 2 aromatic rings. The van der Waals surface area contributed by atoms with Gasteiger partial charge < -0.3 is 10.1 Å². The van der Waals surface area contributed by atoms with E-state index in [1.54, 1.807) is 12.3 Å². The number of hydrogen-bond acceptors (Lipinski definition) is 4. The van der Waals surface area contributed by atoms with Crippen LogP contribution in [0.4, 0.5) is 5.69 Å². The van der Waals surface area contributed by atoms with Crippen molar-refractivity contribution in [1.82, 2.24) is 4.98 Å². The third kappa shape index (κ3) is 3.28. The Morgan fingerprint density at radius 3 is 2.89 bits per heavy atom. The van der Waals surface area contributed by atoms with Crippen LogP contribution >= 0.6 is 34.5 Å². The first-order chi connectivity index (χ1) is 8.70. The minimum Gasteiger partial charge on any atom is -0.490 e. The van der Waals surface area contributed by atoms with Crippen LogP contribution < -0.4 is 10.1 Å². The summed E-state index contributed by atoms with van der Waals surface area (Å²) in [5.74, 6) is 0.678. The van der Waals surface area contributed by atoms with E-state index in [1.807, 2.05) is 19.1 Å². The molecule has 0 atom stereocenters. The molecule has 2 rings (SSSR count). The molecule has 1 aromatic carbocycles. The number of thiazole rings is 1. The third-order valence-corrected chi connectivity index (χ3v) is 3.65. The molecule has 18 heavy (non-hydrogen) atoms. The van der Waals surface area contributed by atoms with Crippen LogP contribution in [0.25, 0.3) is 0 Å². The molecule has 0 unspecified atom stereocenters. The summed E-state index contributed by atoms with van der Waals surface area (Å²) in [7, 11) is 0. The number of ether oxygens (including phenoxy) is 1. The zero-order valence-corrected chi connectivity index (χ0v) is 12.1. The smallest absolute Gasteiger partial charge is 0.183 e. The molecule has 0 aliphatic heterocycles. The number of anilines is 1. The molecule has 1 aromatic heterocycles. The molecule has 1 heterocycles. The first-order valence-corrected chi connectivity index (χ1v) is 7.03. The zero-order valence-electron chi connectivity index (χ0n) is 9.74. The lowest BCUT2D eigenvalue weighted by Crippen LogP contribution is -2.02. The molecule has 0 radical (unpaired) electrons. The average molecular weight is 303 g/mol. The highest BCUT2D eigenvalue weighted by atomic mass is 35.5. The molecular formula is C12H12Cl2N2OS. The Balaban J connectivity index is 2.11. The fourth-order valence-corrected chi connectivity index (χ4v) is 2.63. The Kier molecular flexibility index (Phi) is 4.69. The second-order valence-electron chi connectivity index (χ2n) is 3.48. The van der Waals surface area contributed by atoms with Crippen LogP contribution in [0.15, 0.2) is 24.4 Å². The van der Waals surface area contributed by atoms with Gasteiger partial charge in [-0.1, -0.05) is 29.3 Å². The van der Waals surface area contributed by atoms with Crippen LogP contribution in [0.2, 0.25) is 9.49 Å². The van der Waals surface area contributed by atoms with Gasteiger partial charge in [-0.15, -0.1) is 11.3 Å². The molecule has 0 saturated heterocycles. The summed E-state index contributed by atoms with van der Waals surface area (Å²) < 4.78 is 6.07. The van der Waals surface area contributed by atoms with Crippen molar-refractivity contribution in [2.75, 3.05) is 11.9 Å². The fraction of sp³-hybridized carbons (Fsp3) is 0.250. The summed E-state index contributed by atoms with van der Waals surface area (Å²) in [6, 6.07) is 5.62. The molecule has 0 bridgehead atoms. The highest BCUT2D eigenvalue weighted by Gasteiger charge is 2.08. The molecule has 0 saturated carbocycles. The van der Waals surface area contributed by atoms with Crippen LogP contribution in [0.1, 0.15) is 11.8 Å². The highest BCUT2D eigenvalue weighted by Crippen LogP contribution is 2.33. The SMILES string of the molecule is CCOc1c(Cl)cccc1NCc1cnc(Cl)s1. The van der Waals surface area contributed by atoms with Gasteiger partial charge in [0, 0.05) is 11.1 Å². The summed E-state index contributed by atoms with van der Waals surface area (Å²) in [6.07, 6.45) is 1.75. The lowest BCUT2D eigenvalue weighted by atomic mass is 10.3. The number of hydrogen-bond donors (Lipinski definition) is 1. The van der Waals surface area contributed by atoms with E-state index in [-0.39, 0.29) is 0 Å². The lowest BCUT2D eigenvalue weighted by Gasteiger charge is -2.12. The predicted octanol–water partition coefficient (Wildman–Crippen LogP) is 4.46. The van der Waals surface area contributed by atoms with Gasteiger partial charge in [0.05, 0.1) is 23.9 Å². The second kappa shape index (κ2) is 6.27. The van der Waals surface area contributed by atoms with Crippen molar-refractivity contribution >= 4 is 40.2 Å². The van der Waals surface area contributed by atoms with Crippen LogP contribution in [0.5, 0.6) is 5.75 Å². The Bertz CT molecular complexity index is 531. The van der Waals surface area contributed by atoms with Crippen molar-refractivity contribution in [3.63, 3.8) is 0 Å². The maximum Gasteiger partial charge on any atom is 0.183 e. The number of aromatic nitrogens is 1. The maximum absolute atomic E-state index is 6.10. The van der Waals surface area contributed by atoms with Crippen LogP contribution in [-0.2, 0) is 6.54 Å². The number of halogens is 2. The molecule has 96 valence electrons. The van der Waals surface area contributed by atoms with Crippen LogP contribution in [0, 0.1) is 0 Å². The maximum atomic E-state index is 6.10. The minimum atomic E-state index is 0.544. The molecule has 3 nitrogen and oxygen atoms in total. The molecular weight excluding hydrogens is 291 g/mol. The summed E-state index contributed by atoms with van der Waals surface area (Å²) in [4.78, 5) is 5.05. The summed E-state index contributed by atoms with van der Waals surface area (Å²) in [5.41, 5.74) is 0.869. The van der Waals surface area contributed by atoms with E-state index in [2.05, 4.69) is 10.3 Å². The Morgan fingerprint density at radius 1 is 1.39 bits per heavy atom. The predicted molar refractivity (Wildman–Crippen MR) is 77.1 cm³/mol. The van der Waals surface area contributed by atoms with Crippen LogP contribution in [-0.4, -0.2) is 11.6 Å². The first kappa shape index (κ1) is 13.5. The minimum absolute atomic E-state index is 0.544. The Labute approximate surface area is 120 Å². The van der Waals surface area contributed by atoms with Crippen molar-refractivity contribution in [3.8, 4) is 5.75 Å². The molecule has 0 spiro atoms. The molecule has 6 heteroatoms. The number of nitrogens with one attached hydrogen (secondary N) is 1. The van der Waals surface area contributed by atoms with Gasteiger partial charge in [-0.25, -0.2) is 4.98 Å². The summed E-state index contributed by atoms with van der Waals surface area (Å²) in [5, 5.41) is 3.87. The van der Waals surface area contributed by atoms with Crippen molar-refractivity contribution in [2.45, 2.75) is 13.5 Å². The van der Waals surface area contributed by atoms with Gasteiger partial charge in [-0.3, -0.25) is 0 Å². The number of rotatable bonds is 5. The van der Waals surface area contributed by atoms with Crippen molar-refractivity contribution < 1.29 is 4.74 Å². The van der Waals surface area contributed by atoms with Gasteiger partial charge in [-0.05, 0) is 19.1 Å². The topological polar surface area (TPSA) is 34.1 Å². The van der Waals surface area contributed by atoms with Crippen molar-refractivity contribution in [3.05, 3.63) is 38.8 Å². The monoisotopic (exact) mass is 302 g/mol. The van der Waals surface area contributed by atoms with Crippen LogP contribution in [0.3, 0.4) is 0 Å². The van der Waals surface area contributed by atoms with E-state index in [0.717, 1.165) is 10.6 Å². The van der Waals surface area contributed by atoms with Gasteiger partial charge in [0.15, 0.2) is 10.2 Å². The second-order valence-corrected chi connectivity index (χ2v) is 5.59. The van der Waals surface area contributed by atoms with E-state index in [1.165, 1.54) is 11.3 Å². The molecule has 1 N–H and O–H groups in total. The van der Waals surface area contributed by atoms with E-state index < -0.39 is 0 Å². The van der Waals surface area contributed by atoms with Gasteiger partial charge >= 0.3 is 0 Å². The van der Waals surface area contributed by atoms with Gasteiger partial charge in [0.2, 0.25) is 0 Å². The van der Waals surface area contributed by atoms with Gasteiger partial charge in [0.25, 0.3) is 0 Å². The summed E-state index contributed by atoms with van der Waals surface area (Å²) >= 11 is 13.3. The van der Waals surface area contributed by atoms with E-state index in [9.17, 15) is 0 Å². The third-order valence-electron chi connectivity index (χ3n) is 2.23. The lowest BCUT2D eigenvalue weighted by molar-refractivity contribution is 0.342. The number of benzene rings is 1. The zero-order chi connectivity index (χ0) is 13.0. The molecule has 0 aliphatic rings. The normalized spacial score (nSPS) is 10.4. The van der Waals surface area contributed by atoms with Crippen molar-refractivity contribution in [1.29, 1.82) is 0 Å². The molecule has 0 fully saturated rings. The fourth-order valence-electron chi connectivity index (χ4n) is 1.49. The van der Waals surface area contributed by atoms with Gasteiger partial charge in [0.1, 0.15) is 0 Å². The van der Waals surface area contributed by atoms with Crippen molar-refractivity contribution in [2.24, 2.45) is 0 Å². The van der Waals surface area contributed by atoms with E-state index >= 15 is 0 Å². The Hall–Kier alpha value is -0.970. The Morgan fingerprint density at radius 2 is 2.22 bits per heavy atom. The molecule has 0 amide bonds. The molecule has 0 aliphatic carbocycles. The number of nitrogens with zero attached hydrogens (tertiary/aromatic N) is 1.